The van der Waals surface area contributed by atoms with Crippen LogP contribution < -0.4 is 5.32 Å². The summed E-state index contributed by atoms with van der Waals surface area (Å²) in [5.41, 5.74) is 3.71. The molecule has 28 heavy (non-hydrogen) atoms. The number of piperazine rings is 1. The van der Waals surface area contributed by atoms with Gasteiger partial charge in [0.2, 0.25) is 0 Å². The Bertz CT molecular complexity index is 881. The van der Waals surface area contributed by atoms with E-state index in [4.69, 9.17) is 0 Å². The first kappa shape index (κ1) is 17.3. The first-order valence-corrected chi connectivity index (χ1v) is 10.2. The summed E-state index contributed by atoms with van der Waals surface area (Å²) in [5, 5.41) is 3.07. The highest BCUT2D eigenvalue weighted by Gasteiger charge is 2.27. The molecule has 2 amide bonds. The zero-order valence-corrected chi connectivity index (χ0v) is 16.3. The maximum absolute atomic E-state index is 12.7. The largest absolute Gasteiger partial charge is 0.353 e. The predicted octanol–water partition coefficient (Wildman–Crippen LogP) is 2.31. The second-order valence-corrected chi connectivity index (χ2v) is 7.98. The SMILES string of the molecule is C[C@@H]1CN2C=NC(N3CCN(C(=O)Nc4ccc5c(c4)CCC5)CC3)=CC2=N1. The predicted molar refractivity (Wildman–Crippen MR) is 111 cm³/mol. The Kier molecular flexibility index (Phi) is 4.30. The van der Waals surface area contributed by atoms with Crippen molar-refractivity contribution in [3.05, 3.63) is 41.2 Å². The molecule has 3 heterocycles. The number of amidine groups is 1. The molecule has 1 saturated heterocycles. The number of aliphatic imine (C=N–C) groups is 2. The molecule has 1 aromatic carbocycles. The molecule has 7 heteroatoms. The summed E-state index contributed by atoms with van der Waals surface area (Å²) in [5.74, 6) is 1.94. The van der Waals surface area contributed by atoms with Crippen LogP contribution in [0.3, 0.4) is 0 Å². The zero-order valence-electron chi connectivity index (χ0n) is 16.3. The molecular weight excluding hydrogens is 352 g/mol. The third kappa shape index (κ3) is 3.25. The van der Waals surface area contributed by atoms with Crippen molar-refractivity contribution in [1.29, 1.82) is 0 Å². The fourth-order valence-corrected chi connectivity index (χ4v) is 4.39. The van der Waals surface area contributed by atoms with Crippen molar-refractivity contribution < 1.29 is 4.79 Å². The van der Waals surface area contributed by atoms with Crippen molar-refractivity contribution in [2.75, 3.05) is 38.0 Å². The van der Waals surface area contributed by atoms with E-state index in [0.717, 1.165) is 49.8 Å². The Morgan fingerprint density at radius 1 is 1.14 bits per heavy atom. The van der Waals surface area contributed by atoms with Crippen LogP contribution in [0.15, 0.2) is 40.1 Å². The van der Waals surface area contributed by atoms with Gasteiger partial charge in [-0.15, -0.1) is 0 Å². The smallest absolute Gasteiger partial charge is 0.321 e. The van der Waals surface area contributed by atoms with E-state index in [9.17, 15) is 4.79 Å². The van der Waals surface area contributed by atoms with Crippen LogP contribution in [0.5, 0.6) is 0 Å². The lowest BCUT2D eigenvalue weighted by Crippen LogP contribution is -2.49. The minimum Gasteiger partial charge on any atom is -0.353 e. The highest BCUT2D eigenvalue weighted by Crippen LogP contribution is 2.25. The number of anilines is 1. The Hall–Kier alpha value is -2.83. The van der Waals surface area contributed by atoms with Gasteiger partial charge in [0.15, 0.2) is 0 Å². The molecule has 0 saturated carbocycles. The van der Waals surface area contributed by atoms with Gasteiger partial charge in [0.1, 0.15) is 11.7 Å². The van der Waals surface area contributed by atoms with E-state index >= 15 is 0 Å². The molecule has 4 aliphatic rings. The third-order valence-electron chi connectivity index (χ3n) is 5.94. The minimum atomic E-state index is -0.0149. The lowest BCUT2D eigenvalue weighted by Gasteiger charge is -2.36. The highest BCUT2D eigenvalue weighted by molar-refractivity contribution is 6.03. The van der Waals surface area contributed by atoms with Crippen LogP contribution in [0, 0.1) is 0 Å². The quantitative estimate of drug-likeness (QED) is 0.859. The van der Waals surface area contributed by atoms with E-state index in [1.807, 2.05) is 17.3 Å². The molecule has 1 aliphatic carbocycles. The van der Waals surface area contributed by atoms with Gasteiger partial charge in [-0.05, 0) is 49.4 Å². The van der Waals surface area contributed by atoms with Crippen molar-refractivity contribution in [3.63, 3.8) is 0 Å². The average molecular weight is 378 g/mol. The normalized spacial score (nSPS) is 23.3. The first-order valence-electron chi connectivity index (χ1n) is 10.2. The van der Waals surface area contributed by atoms with E-state index in [1.54, 1.807) is 0 Å². The number of carbonyl (C=O) groups excluding carboxylic acids is 1. The summed E-state index contributed by atoms with van der Waals surface area (Å²) in [4.78, 5) is 28.1. The average Bonchev–Trinajstić information content (AvgIpc) is 3.32. The van der Waals surface area contributed by atoms with Gasteiger partial charge in [0.25, 0.3) is 0 Å². The fraction of sp³-hybridized carbons (Fsp3) is 0.476. The van der Waals surface area contributed by atoms with Crippen LogP contribution in [0.4, 0.5) is 10.5 Å². The van der Waals surface area contributed by atoms with Crippen LogP contribution in [0.25, 0.3) is 0 Å². The van der Waals surface area contributed by atoms with E-state index in [2.05, 4.69) is 50.2 Å². The zero-order chi connectivity index (χ0) is 19.1. The third-order valence-corrected chi connectivity index (χ3v) is 5.94. The van der Waals surface area contributed by atoms with Gasteiger partial charge in [0.05, 0.1) is 12.4 Å². The van der Waals surface area contributed by atoms with Gasteiger partial charge in [-0.1, -0.05) is 6.07 Å². The minimum absolute atomic E-state index is 0.0149. The molecule has 1 N–H and O–H groups in total. The van der Waals surface area contributed by atoms with Gasteiger partial charge in [0, 0.05) is 44.5 Å². The van der Waals surface area contributed by atoms with Gasteiger partial charge in [-0.2, -0.15) is 0 Å². The van der Waals surface area contributed by atoms with Crippen LogP contribution in [-0.4, -0.2) is 71.7 Å². The van der Waals surface area contributed by atoms with Gasteiger partial charge < -0.3 is 20.0 Å². The summed E-state index contributed by atoms with van der Waals surface area (Å²) in [6, 6.07) is 6.61. The number of carbonyl (C=O) groups is 1. The number of rotatable bonds is 2. The van der Waals surface area contributed by atoms with E-state index in [-0.39, 0.29) is 6.03 Å². The summed E-state index contributed by atoms with van der Waals surface area (Å²) in [6.07, 6.45) is 7.44. The van der Waals surface area contributed by atoms with Crippen molar-refractivity contribution >= 4 is 23.9 Å². The van der Waals surface area contributed by atoms with Crippen LogP contribution in [0.2, 0.25) is 0 Å². The molecule has 7 nitrogen and oxygen atoms in total. The molecule has 0 bridgehead atoms. The Morgan fingerprint density at radius 3 is 2.82 bits per heavy atom. The number of nitrogens with zero attached hydrogens (tertiary/aromatic N) is 5. The van der Waals surface area contributed by atoms with Gasteiger partial charge in [-0.3, -0.25) is 4.99 Å². The number of fused-ring (bicyclic) bond motifs is 2. The lowest BCUT2D eigenvalue weighted by atomic mass is 10.1. The maximum atomic E-state index is 12.7. The first-order chi connectivity index (χ1) is 13.7. The Labute approximate surface area is 165 Å². The van der Waals surface area contributed by atoms with Crippen LogP contribution in [0.1, 0.15) is 24.5 Å². The number of nitrogens with one attached hydrogen (secondary N) is 1. The molecule has 1 fully saturated rings. The molecule has 0 spiro atoms. The van der Waals surface area contributed by atoms with Crippen LogP contribution >= 0.6 is 0 Å². The summed E-state index contributed by atoms with van der Waals surface area (Å²) in [7, 11) is 0. The second kappa shape index (κ2) is 6.96. The van der Waals surface area contributed by atoms with E-state index < -0.39 is 0 Å². The molecule has 0 radical (unpaired) electrons. The van der Waals surface area contributed by atoms with Gasteiger partial charge >= 0.3 is 6.03 Å². The van der Waals surface area contributed by atoms with Crippen molar-refractivity contribution in [3.8, 4) is 0 Å². The molecule has 146 valence electrons. The van der Waals surface area contributed by atoms with Gasteiger partial charge in [-0.25, -0.2) is 9.79 Å². The summed E-state index contributed by atoms with van der Waals surface area (Å²) < 4.78 is 0. The standard InChI is InChI=1S/C21H26N6O/c1-15-13-27-14-22-19(12-20(27)23-15)25-7-9-26(10-8-25)21(28)24-18-6-5-16-3-2-4-17(16)11-18/h5-6,11-12,14-15H,2-4,7-10,13H2,1H3,(H,24,28)/t15-/m1/s1. The number of aryl methyl sites for hydroxylation is 2. The molecule has 1 atom stereocenters. The van der Waals surface area contributed by atoms with Crippen molar-refractivity contribution in [2.45, 2.75) is 32.2 Å². The van der Waals surface area contributed by atoms with Crippen molar-refractivity contribution in [2.24, 2.45) is 9.98 Å². The molecule has 5 rings (SSSR count). The number of amides is 2. The number of benzene rings is 1. The number of hydrogen-bond acceptors (Lipinski definition) is 5. The molecule has 1 aromatic rings. The van der Waals surface area contributed by atoms with Crippen LogP contribution in [-0.2, 0) is 12.8 Å². The maximum Gasteiger partial charge on any atom is 0.321 e. The molecule has 0 unspecified atom stereocenters. The molecule has 0 aromatic heterocycles. The second-order valence-electron chi connectivity index (χ2n) is 7.98. The van der Waals surface area contributed by atoms with E-state index in [1.165, 1.54) is 17.5 Å². The topological polar surface area (TPSA) is 63.5 Å². The lowest BCUT2D eigenvalue weighted by molar-refractivity contribution is 0.167. The summed E-state index contributed by atoms with van der Waals surface area (Å²) >= 11 is 0. The fourth-order valence-electron chi connectivity index (χ4n) is 4.39. The highest BCUT2D eigenvalue weighted by atomic mass is 16.2. The van der Waals surface area contributed by atoms with E-state index in [0.29, 0.717) is 19.1 Å². The molecular formula is C21H26N6O. The Morgan fingerprint density at radius 2 is 1.96 bits per heavy atom. The Balaban J connectivity index is 1.18. The number of hydrogen-bond donors (Lipinski definition) is 1. The number of urea groups is 1. The molecule has 3 aliphatic heterocycles. The van der Waals surface area contributed by atoms with Crippen molar-refractivity contribution in [1.82, 2.24) is 14.7 Å². The summed E-state index contributed by atoms with van der Waals surface area (Å²) in [6.45, 7) is 5.96. The monoisotopic (exact) mass is 378 g/mol.